The van der Waals surface area contributed by atoms with E-state index >= 15 is 0 Å². The Bertz CT molecular complexity index is 1000. The van der Waals surface area contributed by atoms with E-state index in [-0.39, 0.29) is 11.7 Å². The van der Waals surface area contributed by atoms with Crippen molar-refractivity contribution in [1.29, 1.82) is 0 Å². The molecule has 2 aromatic carbocycles. The SMILES string of the molecule is Cc1cccc(NC(=O)c2ccnc(N3CCN(c4ccc(F)cc4)CC3)n2)c1. The summed E-state index contributed by atoms with van der Waals surface area (Å²) in [7, 11) is 0. The lowest BCUT2D eigenvalue weighted by Gasteiger charge is -2.36. The Kier molecular flexibility index (Phi) is 5.37. The highest BCUT2D eigenvalue weighted by molar-refractivity contribution is 6.03. The van der Waals surface area contributed by atoms with Crippen LogP contribution in [0.25, 0.3) is 0 Å². The Morgan fingerprint density at radius 3 is 2.45 bits per heavy atom. The first-order chi connectivity index (χ1) is 14.1. The van der Waals surface area contributed by atoms with E-state index in [2.05, 4.69) is 25.1 Å². The van der Waals surface area contributed by atoms with Crippen molar-refractivity contribution in [3.63, 3.8) is 0 Å². The fourth-order valence-corrected chi connectivity index (χ4v) is 3.36. The van der Waals surface area contributed by atoms with E-state index in [4.69, 9.17) is 0 Å². The monoisotopic (exact) mass is 391 g/mol. The van der Waals surface area contributed by atoms with Gasteiger partial charge >= 0.3 is 0 Å². The van der Waals surface area contributed by atoms with Crippen LogP contribution in [0.2, 0.25) is 0 Å². The molecule has 1 aliphatic heterocycles. The van der Waals surface area contributed by atoms with Crippen molar-refractivity contribution >= 4 is 23.2 Å². The van der Waals surface area contributed by atoms with Crippen LogP contribution in [-0.4, -0.2) is 42.1 Å². The molecular weight excluding hydrogens is 369 g/mol. The summed E-state index contributed by atoms with van der Waals surface area (Å²) in [5.74, 6) is 0.0476. The molecule has 0 unspecified atom stereocenters. The largest absolute Gasteiger partial charge is 0.368 e. The molecule has 0 spiro atoms. The first-order valence-electron chi connectivity index (χ1n) is 9.55. The molecule has 2 heterocycles. The maximum Gasteiger partial charge on any atom is 0.274 e. The highest BCUT2D eigenvalue weighted by atomic mass is 19.1. The maximum atomic E-state index is 13.1. The number of rotatable bonds is 4. The topological polar surface area (TPSA) is 61.4 Å². The zero-order chi connectivity index (χ0) is 20.2. The van der Waals surface area contributed by atoms with Crippen LogP contribution in [-0.2, 0) is 0 Å². The zero-order valence-corrected chi connectivity index (χ0v) is 16.2. The second-order valence-corrected chi connectivity index (χ2v) is 7.02. The highest BCUT2D eigenvalue weighted by Gasteiger charge is 2.20. The fourth-order valence-electron chi connectivity index (χ4n) is 3.36. The van der Waals surface area contributed by atoms with Gasteiger partial charge in [0.25, 0.3) is 5.91 Å². The molecule has 3 aromatic rings. The number of aromatic nitrogens is 2. The van der Waals surface area contributed by atoms with Crippen LogP contribution in [0.15, 0.2) is 60.8 Å². The highest BCUT2D eigenvalue weighted by Crippen LogP contribution is 2.19. The number of aryl methyl sites for hydroxylation is 1. The number of carbonyl (C=O) groups excluding carboxylic acids is 1. The molecule has 29 heavy (non-hydrogen) atoms. The molecule has 1 N–H and O–H groups in total. The van der Waals surface area contributed by atoms with Crippen molar-refractivity contribution in [3.8, 4) is 0 Å². The number of amides is 1. The van der Waals surface area contributed by atoms with Crippen LogP contribution < -0.4 is 15.1 Å². The van der Waals surface area contributed by atoms with Gasteiger partial charge in [-0.3, -0.25) is 4.79 Å². The molecule has 1 aromatic heterocycles. The molecule has 7 heteroatoms. The van der Waals surface area contributed by atoms with Gasteiger partial charge in [-0.1, -0.05) is 12.1 Å². The number of hydrogen-bond acceptors (Lipinski definition) is 5. The number of benzene rings is 2. The van der Waals surface area contributed by atoms with Gasteiger partial charge in [0, 0.05) is 43.8 Å². The molecule has 6 nitrogen and oxygen atoms in total. The molecular formula is C22H22FN5O. The minimum Gasteiger partial charge on any atom is -0.368 e. The van der Waals surface area contributed by atoms with Gasteiger partial charge in [0.15, 0.2) is 0 Å². The van der Waals surface area contributed by atoms with Gasteiger partial charge < -0.3 is 15.1 Å². The maximum absolute atomic E-state index is 13.1. The smallest absolute Gasteiger partial charge is 0.274 e. The Balaban J connectivity index is 1.41. The Labute approximate surface area is 169 Å². The molecule has 0 atom stereocenters. The van der Waals surface area contributed by atoms with Crippen molar-refractivity contribution in [2.75, 3.05) is 41.3 Å². The summed E-state index contributed by atoms with van der Waals surface area (Å²) in [5, 5.41) is 2.88. The Morgan fingerprint density at radius 2 is 1.72 bits per heavy atom. The molecule has 1 saturated heterocycles. The lowest BCUT2D eigenvalue weighted by molar-refractivity contribution is 0.102. The van der Waals surface area contributed by atoms with E-state index in [0.717, 1.165) is 43.1 Å². The van der Waals surface area contributed by atoms with Crippen molar-refractivity contribution in [1.82, 2.24) is 9.97 Å². The average molecular weight is 391 g/mol. The van der Waals surface area contributed by atoms with Crippen LogP contribution in [0.1, 0.15) is 16.1 Å². The zero-order valence-electron chi connectivity index (χ0n) is 16.2. The standard InChI is InChI=1S/C22H22FN5O/c1-16-3-2-4-18(15-16)25-21(29)20-9-10-24-22(26-20)28-13-11-27(12-14-28)19-7-5-17(23)6-8-19/h2-10,15H,11-14H2,1H3,(H,25,29). The first-order valence-corrected chi connectivity index (χ1v) is 9.55. The molecule has 0 aliphatic carbocycles. The number of nitrogens with one attached hydrogen (secondary N) is 1. The summed E-state index contributed by atoms with van der Waals surface area (Å²) in [6.45, 7) is 4.97. The molecule has 1 aliphatic rings. The third kappa shape index (κ3) is 4.51. The van der Waals surface area contributed by atoms with E-state index in [9.17, 15) is 9.18 Å². The van der Waals surface area contributed by atoms with Crippen LogP contribution in [0.5, 0.6) is 0 Å². The summed E-state index contributed by atoms with van der Waals surface area (Å²) in [5.41, 5.74) is 3.14. The van der Waals surface area contributed by atoms with Gasteiger partial charge in [-0.25, -0.2) is 14.4 Å². The number of hydrogen-bond donors (Lipinski definition) is 1. The summed E-state index contributed by atoms with van der Waals surface area (Å²) in [6.07, 6.45) is 1.61. The quantitative estimate of drug-likeness (QED) is 0.738. The molecule has 0 bridgehead atoms. The average Bonchev–Trinajstić information content (AvgIpc) is 2.74. The van der Waals surface area contributed by atoms with Crippen molar-refractivity contribution in [2.45, 2.75) is 6.92 Å². The summed E-state index contributed by atoms with van der Waals surface area (Å²) < 4.78 is 13.1. The summed E-state index contributed by atoms with van der Waals surface area (Å²) in [6, 6.07) is 15.8. The predicted molar refractivity (Wildman–Crippen MR) is 112 cm³/mol. The van der Waals surface area contributed by atoms with E-state index in [1.165, 1.54) is 12.1 Å². The van der Waals surface area contributed by atoms with Crippen molar-refractivity contribution in [2.24, 2.45) is 0 Å². The molecule has 4 rings (SSSR count). The lowest BCUT2D eigenvalue weighted by atomic mass is 10.2. The van der Waals surface area contributed by atoms with Crippen LogP contribution >= 0.6 is 0 Å². The fraction of sp³-hybridized carbons (Fsp3) is 0.227. The minimum absolute atomic E-state index is 0.235. The number of anilines is 3. The van der Waals surface area contributed by atoms with Gasteiger partial charge in [-0.05, 0) is 55.0 Å². The second-order valence-electron chi connectivity index (χ2n) is 7.02. The third-order valence-electron chi connectivity index (χ3n) is 4.91. The van der Waals surface area contributed by atoms with E-state index in [0.29, 0.717) is 11.6 Å². The second kappa shape index (κ2) is 8.26. The third-order valence-corrected chi connectivity index (χ3v) is 4.91. The van der Waals surface area contributed by atoms with Gasteiger partial charge in [-0.15, -0.1) is 0 Å². The van der Waals surface area contributed by atoms with Crippen molar-refractivity contribution < 1.29 is 9.18 Å². The first kappa shape index (κ1) is 18.9. The van der Waals surface area contributed by atoms with Crippen LogP contribution in [0.4, 0.5) is 21.7 Å². The minimum atomic E-state index is -0.260. The number of halogens is 1. The summed E-state index contributed by atoms with van der Waals surface area (Å²) >= 11 is 0. The Morgan fingerprint density at radius 1 is 1.00 bits per heavy atom. The summed E-state index contributed by atoms with van der Waals surface area (Å²) in [4.78, 5) is 25.6. The number of piperazine rings is 1. The van der Waals surface area contributed by atoms with Gasteiger partial charge in [-0.2, -0.15) is 0 Å². The van der Waals surface area contributed by atoms with E-state index < -0.39 is 0 Å². The predicted octanol–water partition coefficient (Wildman–Crippen LogP) is 3.50. The Hall–Kier alpha value is -3.48. The lowest BCUT2D eigenvalue weighted by Crippen LogP contribution is -2.47. The van der Waals surface area contributed by atoms with Crippen molar-refractivity contribution in [3.05, 3.63) is 77.9 Å². The van der Waals surface area contributed by atoms with Crippen LogP contribution in [0, 0.1) is 12.7 Å². The molecule has 1 amide bonds. The molecule has 1 fully saturated rings. The molecule has 0 saturated carbocycles. The molecule has 148 valence electrons. The number of carbonyl (C=O) groups is 1. The van der Waals surface area contributed by atoms with Gasteiger partial charge in [0.2, 0.25) is 5.95 Å². The van der Waals surface area contributed by atoms with E-state index in [1.54, 1.807) is 24.4 Å². The molecule has 0 radical (unpaired) electrons. The normalized spacial score (nSPS) is 14.0. The van der Waals surface area contributed by atoms with Gasteiger partial charge in [0.05, 0.1) is 0 Å². The van der Waals surface area contributed by atoms with E-state index in [1.807, 2.05) is 31.2 Å². The van der Waals surface area contributed by atoms with Crippen LogP contribution in [0.3, 0.4) is 0 Å². The number of nitrogens with zero attached hydrogens (tertiary/aromatic N) is 4. The van der Waals surface area contributed by atoms with Gasteiger partial charge in [0.1, 0.15) is 11.5 Å².